The molecule has 17 nitrogen and oxygen atoms in total. The monoisotopic (exact) mass is 1520 g/mol. The van der Waals surface area contributed by atoms with Crippen LogP contribution in [0, 0.1) is 17.8 Å². The number of aliphatic hydroxyl groups is 1. The van der Waals surface area contributed by atoms with Gasteiger partial charge in [0, 0.05) is 25.7 Å². The van der Waals surface area contributed by atoms with Crippen LogP contribution in [0.1, 0.15) is 447 Å². The van der Waals surface area contributed by atoms with Crippen LogP contribution in [-0.4, -0.2) is 96.7 Å². The van der Waals surface area contributed by atoms with Gasteiger partial charge in [0.25, 0.3) is 0 Å². The molecule has 0 bridgehead atoms. The highest BCUT2D eigenvalue weighted by atomic mass is 31.2. The van der Waals surface area contributed by atoms with Crippen LogP contribution in [0.5, 0.6) is 0 Å². The minimum absolute atomic E-state index is 0.106. The van der Waals surface area contributed by atoms with Crippen molar-refractivity contribution in [3.63, 3.8) is 0 Å². The number of esters is 4. The van der Waals surface area contributed by atoms with E-state index < -0.39 is 97.5 Å². The number of phosphoric ester groups is 2. The highest BCUT2D eigenvalue weighted by molar-refractivity contribution is 7.47. The van der Waals surface area contributed by atoms with Gasteiger partial charge < -0.3 is 33.8 Å². The van der Waals surface area contributed by atoms with Crippen LogP contribution in [0.3, 0.4) is 0 Å². The number of unbranched alkanes of at least 4 members (excludes halogenated alkanes) is 51. The summed E-state index contributed by atoms with van der Waals surface area (Å²) >= 11 is 0. The van der Waals surface area contributed by atoms with Gasteiger partial charge in [0.1, 0.15) is 19.3 Å². The van der Waals surface area contributed by atoms with Crippen molar-refractivity contribution in [1.82, 2.24) is 0 Å². The van der Waals surface area contributed by atoms with Gasteiger partial charge in [-0.1, -0.05) is 395 Å². The molecule has 0 aliphatic heterocycles. The predicted molar refractivity (Wildman–Crippen MR) is 428 cm³/mol. The average Bonchev–Trinajstić information content (AvgIpc) is 0.998. The standard InChI is InChI=1S/C85H166O17P2/c1-8-9-10-11-12-13-14-15-16-17-18-19-20-25-28-34-39-46-54-61-68-84(89)101-80(72-95-82(87)66-59-52-45-38-33-27-24-22-21-23-26-31-36-42-49-56-63-76(2)3)74-99-103(91,92)97-70-79(86)71-98-104(93,94)100-75-81(73-96-83(88)67-60-53-48-41-44-51-58-65-78(6)7)102-85(90)69-62-55-47-40-35-30-29-32-37-43-50-57-64-77(4)5/h76-81,86H,8-75H2,1-7H3,(H,91,92)(H,93,94)/t79-,80-,81-/m1/s1. The number of phosphoric acid groups is 2. The molecule has 0 amide bonds. The molecule has 0 aromatic carbocycles. The molecule has 2 unspecified atom stereocenters. The number of hydrogen-bond acceptors (Lipinski definition) is 15. The van der Waals surface area contributed by atoms with Gasteiger partial charge in [-0.15, -0.1) is 0 Å². The number of ether oxygens (including phenoxy) is 4. The minimum Gasteiger partial charge on any atom is -0.462 e. The van der Waals surface area contributed by atoms with Crippen LogP contribution in [0.15, 0.2) is 0 Å². The molecule has 0 saturated carbocycles. The van der Waals surface area contributed by atoms with Gasteiger partial charge in [0.2, 0.25) is 0 Å². The van der Waals surface area contributed by atoms with Crippen LogP contribution in [0.4, 0.5) is 0 Å². The first-order valence-corrected chi connectivity index (χ1v) is 46.8. The molecule has 0 rings (SSSR count). The van der Waals surface area contributed by atoms with Gasteiger partial charge in [-0.3, -0.25) is 37.3 Å². The van der Waals surface area contributed by atoms with Crippen LogP contribution in [0.25, 0.3) is 0 Å². The first-order valence-electron chi connectivity index (χ1n) is 43.8. The van der Waals surface area contributed by atoms with Crippen molar-refractivity contribution in [2.24, 2.45) is 17.8 Å². The van der Waals surface area contributed by atoms with Crippen LogP contribution < -0.4 is 0 Å². The van der Waals surface area contributed by atoms with Crippen molar-refractivity contribution in [1.29, 1.82) is 0 Å². The van der Waals surface area contributed by atoms with E-state index in [1.165, 1.54) is 250 Å². The Kier molecular flexibility index (Phi) is 73.7. The Bertz CT molecular complexity index is 2010. The van der Waals surface area contributed by atoms with Crippen LogP contribution in [-0.2, 0) is 65.4 Å². The molecular weight excluding hydrogens is 1350 g/mol. The second-order valence-electron chi connectivity index (χ2n) is 32.0. The van der Waals surface area contributed by atoms with Gasteiger partial charge in [-0.2, -0.15) is 0 Å². The van der Waals surface area contributed by atoms with Crippen molar-refractivity contribution in [3.8, 4) is 0 Å². The Morgan fingerprint density at radius 3 is 0.654 bits per heavy atom. The highest BCUT2D eigenvalue weighted by Crippen LogP contribution is 2.45. The Hall–Kier alpha value is -1.94. The molecule has 0 radical (unpaired) electrons. The lowest BCUT2D eigenvalue weighted by molar-refractivity contribution is -0.161. The number of aliphatic hydroxyl groups excluding tert-OH is 1. The van der Waals surface area contributed by atoms with E-state index in [1.54, 1.807) is 0 Å². The highest BCUT2D eigenvalue weighted by Gasteiger charge is 2.30. The van der Waals surface area contributed by atoms with Gasteiger partial charge in [-0.25, -0.2) is 9.13 Å². The summed E-state index contributed by atoms with van der Waals surface area (Å²) in [5.41, 5.74) is 0. The van der Waals surface area contributed by atoms with Crippen molar-refractivity contribution in [3.05, 3.63) is 0 Å². The smallest absolute Gasteiger partial charge is 0.462 e. The quantitative estimate of drug-likeness (QED) is 0.0222. The summed E-state index contributed by atoms with van der Waals surface area (Å²) in [6.07, 6.45) is 65.4. The van der Waals surface area contributed by atoms with Crippen molar-refractivity contribution >= 4 is 39.5 Å². The zero-order chi connectivity index (χ0) is 76.5. The summed E-state index contributed by atoms with van der Waals surface area (Å²) in [6, 6.07) is 0. The molecule has 0 aromatic rings. The Balaban J connectivity index is 5.23. The molecule has 104 heavy (non-hydrogen) atoms. The first-order chi connectivity index (χ1) is 50.2. The van der Waals surface area contributed by atoms with E-state index in [9.17, 15) is 43.2 Å². The fourth-order valence-electron chi connectivity index (χ4n) is 13.2. The van der Waals surface area contributed by atoms with E-state index >= 15 is 0 Å². The normalized spacial score (nSPS) is 13.9. The molecule has 0 aromatic heterocycles. The second-order valence-corrected chi connectivity index (χ2v) is 34.9. The van der Waals surface area contributed by atoms with E-state index in [2.05, 4.69) is 48.5 Å². The molecule has 19 heteroatoms. The summed E-state index contributed by atoms with van der Waals surface area (Å²) in [4.78, 5) is 73.2. The third kappa shape index (κ3) is 78.2. The molecule has 0 fully saturated rings. The fraction of sp³-hybridized carbons (Fsp3) is 0.953. The largest absolute Gasteiger partial charge is 0.472 e. The summed E-state index contributed by atoms with van der Waals surface area (Å²) in [5, 5.41) is 10.7. The topological polar surface area (TPSA) is 237 Å². The van der Waals surface area contributed by atoms with Gasteiger partial charge in [0.15, 0.2) is 12.2 Å². The van der Waals surface area contributed by atoms with E-state index in [0.29, 0.717) is 31.6 Å². The Morgan fingerprint density at radius 1 is 0.260 bits per heavy atom. The maximum atomic E-state index is 13.1. The third-order valence-electron chi connectivity index (χ3n) is 19.9. The van der Waals surface area contributed by atoms with E-state index in [4.69, 9.17) is 37.0 Å². The van der Waals surface area contributed by atoms with E-state index in [1.807, 2.05) is 0 Å². The van der Waals surface area contributed by atoms with Crippen molar-refractivity contribution < 1.29 is 80.2 Å². The molecule has 0 heterocycles. The lowest BCUT2D eigenvalue weighted by Crippen LogP contribution is -2.30. The number of carbonyl (C=O) groups excluding carboxylic acids is 4. The lowest BCUT2D eigenvalue weighted by Gasteiger charge is -2.21. The Labute approximate surface area is 638 Å². The molecule has 3 N–H and O–H groups in total. The molecule has 5 atom stereocenters. The average molecular weight is 1520 g/mol. The summed E-state index contributed by atoms with van der Waals surface area (Å²) in [5.74, 6) is 0.187. The number of hydrogen-bond donors (Lipinski definition) is 3. The number of rotatable bonds is 83. The summed E-state index contributed by atoms with van der Waals surface area (Å²) in [7, 11) is -9.93. The second kappa shape index (κ2) is 75.1. The van der Waals surface area contributed by atoms with Crippen molar-refractivity contribution in [2.45, 2.75) is 465 Å². The molecule has 0 spiro atoms. The SMILES string of the molecule is CCCCCCCCCCCCCCCCCCCCCCC(=O)O[C@H](COC(=O)CCCCCCCCCCCCCCCCCCC(C)C)COP(=O)(O)OC[C@@H](O)COP(=O)(O)OC[C@@H](COC(=O)CCCCCCCCCC(C)C)OC(=O)CCCCCCCCCCCCCCC(C)C. The Morgan fingerprint density at radius 2 is 0.442 bits per heavy atom. The fourth-order valence-corrected chi connectivity index (χ4v) is 14.8. The lowest BCUT2D eigenvalue weighted by atomic mass is 10.0. The van der Waals surface area contributed by atoms with Gasteiger partial charge in [-0.05, 0) is 43.4 Å². The van der Waals surface area contributed by atoms with Gasteiger partial charge >= 0.3 is 39.5 Å². The summed E-state index contributed by atoms with van der Waals surface area (Å²) in [6.45, 7) is 12.0. The molecular formula is C85H166O17P2. The third-order valence-corrected chi connectivity index (χ3v) is 21.8. The van der Waals surface area contributed by atoms with E-state index in [0.717, 1.165) is 108 Å². The van der Waals surface area contributed by atoms with Gasteiger partial charge in [0.05, 0.1) is 26.4 Å². The van der Waals surface area contributed by atoms with Crippen LogP contribution in [0.2, 0.25) is 0 Å². The molecule has 0 saturated heterocycles. The van der Waals surface area contributed by atoms with Crippen LogP contribution >= 0.6 is 15.6 Å². The molecule has 0 aliphatic carbocycles. The predicted octanol–water partition coefficient (Wildman–Crippen LogP) is 25.7. The minimum atomic E-state index is -4.97. The maximum absolute atomic E-state index is 13.1. The van der Waals surface area contributed by atoms with E-state index in [-0.39, 0.29) is 25.7 Å². The summed E-state index contributed by atoms with van der Waals surface area (Å²) < 4.78 is 68.8. The zero-order valence-corrected chi connectivity index (χ0v) is 70.3. The molecule has 618 valence electrons. The first kappa shape index (κ1) is 102. The molecule has 0 aliphatic rings. The number of carbonyl (C=O) groups is 4. The maximum Gasteiger partial charge on any atom is 0.472 e. The van der Waals surface area contributed by atoms with Crippen molar-refractivity contribution in [2.75, 3.05) is 39.6 Å². The zero-order valence-electron chi connectivity index (χ0n) is 68.5.